The Balaban J connectivity index is 2.20. The predicted molar refractivity (Wildman–Crippen MR) is 120 cm³/mol. The summed E-state index contributed by atoms with van der Waals surface area (Å²) in [5, 5.41) is 7.95. The maximum absolute atomic E-state index is 6.16. The number of methoxy groups -OCH3 is 1. The summed E-state index contributed by atoms with van der Waals surface area (Å²) in [5.41, 5.74) is 2.16. The molecule has 5 heteroatoms. The number of ether oxygens (including phenoxy) is 2. The van der Waals surface area contributed by atoms with Gasteiger partial charge in [0.2, 0.25) is 5.88 Å². The van der Waals surface area contributed by atoms with Crippen molar-refractivity contribution in [1.82, 2.24) is 15.1 Å². The molecule has 0 aromatic carbocycles. The minimum atomic E-state index is -0.195. The molecule has 0 saturated heterocycles. The Kier molecular flexibility index (Phi) is 8.47. The van der Waals surface area contributed by atoms with E-state index in [2.05, 4.69) is 32.3 Å². The van der Waals surface area contributed by atoms with Gasteiger partial charge in [0.25, 0.3) is 0 Å². The molecule has 0 aliphatic heterocycles. The summed E-state index contributed by atoms with van der Waals surface area (Å²) in [6.07, 6.45) is 13.7. The summed E-state index contributed by atoms with van der Waals surface area (Å²) in [6, 6.07) is 2.01. The van der Waals surface area contributed by atoms with Gasteiger partial charge in [-0.1, -0.05) is 57.4 Å². The lowest BCUT2D eigenvalue weighted by atomic mass is 9.71. The lowest BCUT2D eigenvalue weighted by Gasteiger charge is -2.42. The number of nitrogens with zero attached hydrogens (tertiary/aromatic N) is 2. The van der Waals surface area contributed by atoms with E-state index in [1.54, 1.807) is 12.2 Å². The quantitative estimate of drug-likeness (QED) is 0.542. The lowest BCUT2D eigenvalue weighted by Crippen LogP contribution is -2.42. The minimum Gasteiger partial charge on any atom is -0.473 e. The number of allylic oxidation sites excluding steroid dienone is 4. The highest BCUT2D eigenvalue weighted by Gasteiger charge is 2.39. The van der Waals surface area contributed by atoms with Crippen molar-refractivity contribution >= 4 is 0 Å². The first-order valence-corrected chi connectivity index (χ1v) is 10.4. The van der Waals surface area contributed by atoms with Crippen molar-refractivity contribution in [2.45, 2.75) is 58.2 Å². The van der Waals surface area contributed by atoms with Crippen LogP contribution in [0.3, 0.4) is 0 Å². The highest BCUT2D eigenvalue weighted by Crippen LogP contribution is 2.42. The summed E-state index contributed by atoms with van der Waals surface area (Å²) < 4.78 is 14.2. The zero-order valence-electron chi connectivity index (χ0n) is 18.5. The minimum absolute atomic E-state index is 0.195. The summed E-state index contributed by atoms with van der Waals surface area (Å²) in [6.45, 7) is 14.0. The third-order valence-electron chi connectivity index (χ3n) is 5.70. The third kappa shape index (κ3) is 6.72. The fourth-order valence-electron chi connectivity index (χ4n) is 3.68. The van der Waals surface area contributed by atoms with Crippen LogP contribution in [0.2, 0.25) is 0 Å². The fraction of sp³-hybridized carbons (Fsp3) is 0.542. The molecule has 0 amide bonds. The van der Waals surface area contributed by atoms with Crippen LogP contribution >= 0.6 is 0 Å². The summed E-state index contributed by atoms with van der Waals surface area (Å²) in [5.74, 6) is 0.762. The van der Waals surface area contributed by atoms with Crippen LogP contribution in [0.5, 0.6) is 5.88 Å². The van der Waals surface area contributed by atoms with Crippen molar-refractivity contribution in [3.63, 3.8) is 0 Å². The molecule has 0 spiro atoms. The second kappa shape index (κ2) is 10.6. The number of hydrogen-bond acceptors (Lipinski definition) is 4. The first kappa shape index (κ1) is 23.2. The monoisotopic (exact) mass is 399 g/mol. The average molecular weight is 400 g/mol. The second-order valence-corrected chi connectivity index (χ2v) is 8.57. The molecule has 1 aliphatic rings. The van der Waals surface area contributed by atoms with E-state index in [-0.39, 0.29) is 5.60 Å². The highest BCUT2D eigenvalue weighted by atomic mass is 16.5. The van der Waals surface area contributed by atoms with E-state index in [1.807, 2.05) is 43.1 Å². The normalized spacial score (nSPS) is 18.7. The first-order valence-electron chi connectivity index (χ1n) is 10.4. The molecule has 1 saturated carbocycles. The number of hydrogen-bond donors (Lipinski definition) is 1. The van der Waals surface area contributed by atoms with Crippen LogP contribution in [0.25, 0.3) is 0 Å². The Labute approximate surface area is 176 Å². The van der Waals surface area contributed by atoms with Gasteiger partial charge in [0.05, 0.1) is 17.8 Å². The van der Waals surface area contributed by atoms with Gasteiger partial charge in [-0.05, 0) is 43.7 Å². The molecule has 1 heterocycles. The van der Waals surface area contributed by atoms with E-state index in [9.17, 15) is 0 Å². The van der Waals surface area contributed by atoms with Gasteiger partial charge in [-0.3, -0.25) is 0 Å². The maximum Gasteiger partial charge on any atom is 0.212 e. The van der Waals surface area contributed by atoms with E-state index in [1.165, 1.54) is 0 Å². The van der Waals surface area contributed by atoms with Crippen LogP contribution in [0.1, 0.15) is 45.2 Å². The Morgan fingerprint density at radius 2 is 1.97 bits per heavy atom. The predicted octanol–water partition coefficient (Wildman–Crippen LogP) is 4.82. The highest BCUT2D eigenvalue weighted by molar-refractivity contribution is 5.27. The standard InChI is InChI=1S/C24H37N3O2/c1-7-9-11-20(10-8-2)18-29-22-16-21(17-25-5)26-27(22)19-24(28-6)14-12-23(3,4)13-15-24/h7-11,16,25H,1-2,12-15,17-19H2,3-6H3/b11-9-,20-10+. The van der Waals surface area contributed by atoms with Gasteiger partial charge in [-0.15, -0.1) is 0 Å². The Hall–Kier alpha value is -2.11. The van der Waals surface area contributed by atoms with Crippen LogP contribution in [0.15, 0.2) is 55.2 Å². The number of nitrogens with one attached hydrogen (secondary N) is 1. The average Bonchev–Trinajstić information content (AvgIpc) is 3.07. The van der Waals surface area contributed by atoms with Crippen molar-refractivity contribution in [2.24, 2.45) is 5.41 Å². The summed E-state index contributed by atoms with van der Waals surface area (Å²) >= 11 is 0. The van der Waals surface area contributed by atoms with Crippen molar-refractivity contribution < 1.29 is 9.47 Å². The van der Waals surface area contributed by atoms with Crippen LogP contribution in [0.4, 0.5) is 0 Å². The van der Waals surface area contributed by atoms with Gasteiger partial charge in [0.15, 0.2) is 0 Å². The molecule has 0 atom stereocenters. The topological polar surface area (TPSA) is 48.3 Å². The van der Waals surface area contributed by atoms with E-state index >= 15 is 0 Å². The zero-order valence-corrected chi connectivity index (χ0v) is 18.5. The second-order valence-electron chi connectivity index (χ2n) is 8.57. The fourth-order valence-corrected chi connectivity index (χ4v) is 3.68. The van der Waals surface area contributed by atoms with E-state index < -0.39 is 0 Å². The van der Waals surface area contributed by atoms with Gasteiger partial charge in [0, 0.05) is 19.7 Å². The third-order valence-corrected chi connectivity index (χ3v) is 5.70. The number of rotatable bonds is 11. The van der Waals surface area contributed by atoms with Crippen molar-refractivity contribution in [1.29, 1.82) is 0 Å². The molecule has 29 heavy (non-hydrogen) atoms. The Morgan fingerprint density at radius 1 is 1.24 bits per heavy atom. The van der Waals surface area contributed by atoms with Gasteiger partial charge in [-0.25, -0.2) is 4.68 Å². The van der Waals surface area contributed by atoms with Crippen LogP contribution in [0, 0.1) is 5.41 Å². The molecule has 1 aromatic heterocycles. The molecule has 0 bridgehead atoms. The Morgan fingerprint density at radius 3 is 2.55 bits per heavy atom. The van der Waals surface area contributed by atoms with Gasteiger partial charge >= 0.3 is 0 Å². The molecular weight excluding hydrogens is 362 g/mol. The molecule has 1 fully saturated rings. The smallest absolute Gasteiger partial charge is 0.212 e. The van der Waals surface area contributed by atoms with Crippen molar-refractivity contribution in [3.8, 4) is 5.88 Å². The van der Waals surface area contributed by atoms with Crippen LogP contribution < -0.4 is 10.1 Å². The molecule has 160 valence electrons. The molecule has 0 radical (unpaired) electrons. The van der Waals surface area contributed by atoms with Gasteiger partial charge in [0.1, 0.15) is 6.61 Å². The molecule has 1 N–H and O–H groups in total. The SMILES string of the molecule is C=C/C=C\C(=C/C=C)COc1cc(CNC)nn1CC1(OC)CCC(C)(C)CC1. The van der Waals surface area contributed by atoms with Gasteiger partial charge in [-0.2, -0.15) is 5.10 Å². The van der Waals surface area contributed by atoms with Crippen LogP contribution in [-0.4, -0.2) is 36.1 Å². The Bertz CT molecular complexity index is 733. The first-order chi connectivity index (χ1) is 13.9. The zero-order chi connectivity index (χ0) is 21.3. The summed E-state index contributed by atoms with van der Waals surface area (Å²) in [7, 11) is 3.74. The molecule has 1 aliphatic carbocycles. The lowest BCUT2D eigenvalue weighted by molar-refractivity contribution is -0.0754. The van der Waals surface area contributed by atoms with E-state index in [0.29, 0.717) is 25.1 Å². The van der Waals surface area contributed by atoms with Crippen LogP contribution in [-0.2, 0) is 17.8 Å². The number of aromatic nitrogens is 2. The summed E-state index contributed by atoms with van der Waals surface area (Å²) in [4.78, 5) is 0. The maximum atomic E-state index is 6.16. The van der Waals surface area contributed by atoms with Crippen molar-refractivity contribution in [3.05, 3.63) is 60.9 Å². The largest absolute Gasteiger partial charge is 0.473 e. The van der Waals surface area contributed by atoms with Crippen molar-refractivity contribution in [2.75, 3.05) is 20.8 Å². The molecule has 0 unspecified atom stereocenters. The molecule has 5 nitrogen and oxygen atoms in total. The molecular formula is C24H37N3O2. The van der Waals surface area contributed by atoms with Gasteiger partial charge < -0.3 is 14.8 Å². The van der Waals surface area contributed by atoms with E-state index in [0.717, 1.165) is 42.8 Å². The molecule has 2 rings (SSSR count). The van der Waals surface area contributed by atoms with E-state index in [4.69, 9.17) is 14.6 Å². The molecule has 1 aromatic rings.